The number of methoxy groups -OCH3 is 2. The number of hydrogen-bond donors (Lipinski definition) is 2. The van der Waals surface area contributed by atoms with E-state index in [9.17, 15) is 24.6 Å². The van der Waals surface area contributed by atoms with Crippen molar-refractivity contribution in [1.82, 2.24) is 9.80 Å². The predicted molar refractivity (Wildman–Crippen MR) is 176 cm³/mol. The molecule has 0 saturated carbocycles. The highest BCUT2D eigenvalue weighted by Crippen LogP contribution is 2.28. The number of hydrogen-bond acceptors (Lipinski definition) is 9. The number of rotatable bonds is 12. The van der Waals surface area contributed by atoms with E-state index in [1.165, 1.54) is 24.0 Å². The average molecular weight is 655 g/mol. The normalized spacial score (nSPS) is 19.3. The van der Waals surface area contributed by atoms with E-state index < -0.39 is 42.3 Å². The molecule has 11 heteroatoms. The highest BCUT2D eigenvalue weighted by Gasteiger charge is 2.47. The van der Waals surface area contributed by atoms with Crippen molar-refractivity contribution in [2.24, 2.45) is 0 Å². The number of para-hydroxylation sites is 2. The van der Waals surface area contributed by atoms with Gasteiger partial charge in [-0.2, -0.15) is 0 Å². The molecular weight excluding hydrogens is 616 g/mol. The monoisotopic (exact) mass is 654 g/mol. The lowest BCUT2D eigenvalue weighted by Crippen LogP contribution is -2.52. The molecular formula is C37H38N2O9. The molecule has 0 bridgehead atoms. The fourth-order valence-electron chi connectivity index (χ4n) is 5.54. The van der Waals surface area contributed by atoms with Crippen LogP contribution in [-0.4, -0.2) is 89.7 Å². The molecule has 4 aromatic rings. The molecule has 1 aliphatic heterocycles. The van der Waals surface area contributed by atoms with E-state index in [0.29, 0.717) is 33.8 Å². The number of aliphatic hydroxyl groups is 2. The van der Waals surface area contributed by atoms with Crippen LogP contribution >= 0.6 is 0 Å². The summed E-state index contributed by atoms with van der Waals surface area (Å²) in [5.74, 6) is 0.0750. The molecule has 0 radical (unpaired) electrons. The van der Waals surface area contributed by atoms with Gasteiger partial charge in [0.2, 0.25) is 0 Å². The number of esters is 2. The molecule has 2 amide bonds. The van der Waals surface area contributed by atoms with E-state index in [1.807, 2.05) is 36.4 Å². The van der Waals surface area contributed by atoms with E-state index in [-0.39, 0.29) is 26.3 Å². The minimum absolute atomic E-state index is 0.0247. The molecule has 5 rings (SSSR count). The standard InChI is InChI=1S/C37H38N2O9/c1-45-35(42)27-17-13-25(14-18-27)21-38-31(23-47-29-9-5-3-6-10-29)33(40)34(41)32(24-48-30-11-7-4-8-12-30)39(37(38)44)22-26-15-19-28(20-16-26)36(43)46-2/h3-20,31-34,40-41H,21-24H2,1-2H3. The molecule has 1 fully saturated rings. The third kappa shape index (κ3) is 8.11. The first-order chi connectivity index (χ1) is 23.3. The van der Waals surface area contributed by atoms with Crippen LogP contribution in [0.5, 0.6) is 11.5 Å². The van der Waals surface area contributed by atoms with E-state index in [4.69, 9.17) is 18.9 Å². The second kappa shape index (κ2) is 15.9. The van der Waals surface area contributed by atoms with Gasteiger partial charge in [0.25, 0.3) is 0 Å². The number of amides is 2. The Bertz CT molecular complexity index is 1530. The number of ether oxygens (including phenoxy) is 4. The van der Waals surface area contributed by atoms with Gasteiger partial charge in [-0.15, -0.1) is 0 Å². The predicted octanol–water partition coefficient (Wildman–Crippen LogP) is 4.31. The molecule has 1 saturated heterocycles. The highest BCUT2D eigenvalue weighted by atomic mass is 16.5. The number of aliphatic hydroxyl groups excluding tert-OH is 2. The molecule has 4 atom stereocenters. The topological polar surface area (TPSA) is 135 Å². The number of nitrogens with zero attached hydrogens (tertiary/aromatic N) is 2. The summed E-state index contributed by atoms with van der Waals surface area (Å²) in [5.41, 5.74) is 2.03. The van der Waals surface area contributed by atoms with Crippen LogP contribution in [0.2, 0.25) is 0 Å². The van der Waals surface area contributed by atoms with Gasteiger partial charge in [0, 0.05) is 13.1 Å². The van der Waals surface area contributed by atoms with E-state index in [2.05, 4.69) is 0 Å². The zero-order valence-corrected chi connectivity index (χ0v) is 26.7. The van der Waals surface area contributed by atoms with Crippen molar-refractivity contribution in [3.63, 3.8) is 0 Å². The van der Waals surface area contributed by atoms with Gasteiger partial charge in [-0.05, 0) is 59.7 Å². The summed E-state index contributed by atoms with van der Waals surface area (Å²) < 4.78 is 21.7. The Morgan fingerprint density at radius 2 is 0.938 bits per heavy atom. The van der Waals surface area contributed by atoms with E-state index in [0.717, 1.165) is 0 Å². The van der Waals surface area contributed by atoms with Crippen molar-refractivity contribution in [3.8, 4) is 11.5 Å². The van der Waals surface area contributed by atoms with Gasteiger partial charge in [0.1, 0.15) is 36.9 Å². The van der Waals surface area contributed by atoms with Gasteiger partial charge in [-0.3, -0.25) is 0 Å². The Labute approximate surface area is 278 Å². The van der Waals surface area contributed by atoms with Gasteiger partial charge in [0.15, 0.2) is 0 Å². The van der Waals surface area contributed by atoms with Gasteiger partial charge in [-0.1, -0.05) is 60.7 Å². The van der Waals surface area contributed by atoms with Crippen molar-refractivity contribution >= 4 is 18.0 Å². The first kappa shape index (κ1) is 34.0. The highest BCUT2D eigenvalue weighted by molar-refractivity contribution is 5.89. The lowest BCUT2D eigenvalue weighted by molar-refractivity contribution is -0.0565. The van der Waals surface area contributed by atoms with Crippen molar-refractivity contribution < 1.29 is 43.5 Å². The van der Waals surface area contributed by atoms with Crippen molar-refractivity contribution in [3.05, 3.63) is 131 Å². The third-order valence-electron chi connectivity index (χ3n) is 8.21. The molecule has 11 nitrogen and oxygen atoms in total. The maximum Gasteiger partial charge on any atom is 0.337 e. The SMILES string of the molecule is COC(=O)c1ccc(CN2C(=O)N(Cc3ccc(C(=O)OC)cc3)C(COc3ccccc3)C(O)C(O)C2COc2ccccc2)cc1. The van der Waals surface area contributed by atoms with Crippen LogP contribution in [0.15, 0.2) is 109 Å². The summed E-state index contributed by atoms with van der Waals surface area (Å²) in [6.45, 7) is -0.196. The van der Waals surface area contributed by atoms with E-state index >= 15 is 0 Å². The van der Waals surface area contributed by atoms with Crippen LogP contribution in [0.4, 0.5) is 4.79 Å². The number of benzene rings is 4. The van der Waals surface area contributed by atoms with Crippen LogP contribution in [0.25, 0.3) is 0 Å². The number of carbonyl (C=O) groups excluding carboxylic acids is 3. The van der Waals surface area contributed by atoms with Gasteiger partial charge in [-0.25, -0.2) is 14.4 Å². The molecule has 1 heterocycles. The van der Waals surface area contributed by atoms with Crippen LogP contribution in [0.1, 0.15) is 31.8 Å². The quantitative estimate of drug-likeness (QED) is 0.214. The lowest BCUT2D eigenvalue weighted by Gasteiger charge is -2.35. The third-order valence-corrected chi connectivity index (χ3v) is 8.21. The zero-order valence-electron chi connectivity index (χ0n) is 26.7. The first-order valence-electron chi connectivity index (χ1n) is 15.4. The maximum absolute atomic E-state index is 14.7. The molecule has 4 aromatic carbocycles. The van der Waals surface area contributed by atoms with Gasteiger partial charge < -0.3 is 39.0 Å². The Morgan fingerprint density at radius 3 is 1.27 bits per heavy atom. The Balaban J connectivity index is 1.52. The van der Waals surface area contributed by atoms with Crippen LogP contribution < -0.4 is 9.47 Å². The molecule has 1 aliphatic rings. The summed E-state index contributed by atoms with van der Waals surface area (Å²) in [6.07, 6.45) is -2.88. The minimum Gasteiger partial charge on any atom is -0.491 e. The number of urea groups is 1. The second-order valence-corrected chi connectivity index (χ2v) is 11.3. The van der Waals surface area contributed by atoms with Crippen LogP contribution in [0, 0.1) is 0 Å². The first-order valence-corrected chi connectivity index (χ1v) is 15.4. The molecule has 2 N–H and O–H groups in total. The molecule has 4 unspecified atom stereocenters. The largest absolute Gasteiger partial charge is 0.491 e. The van der Waals surface area contributed by atoms with Crippen LogP contribution in [-0.2, 0) is 22.6 Å². The summed E-state index contributed by atoms with van der Waals surface area (Å²) in [5, 5.41) is 23.5. The van der Waals surface area contributed by atoms with Gasteiger partial charge in [0.05, 0.1) is 37.4 Å². The summed E-state index contributed by atoms with van der Waals surface area (Å²) in [6, 6.07) is 28.7. The fourth-order valence-corrected chi connectivity index (χ4v) is 5.54. The number of carbonyl (C=O) groups is 3. The Kier molecular flexibility index (Phi) is 11.3. The average Bonchev–Trinajstić information content (AvgIpc) is 3.19. The van der Waals surface area contributed by atoms with Crippen molar-refractivity contribution in [2.45, 2.75) is 37.4 Å². The molecule has 0 aliphatic carbocycles. The van der Waals surface area contributed by atoms with Crippen LogP contribution in [0.3, 0.4) is 0 Å². The maximum atomic E-state index is 14.7. The molecule has 250 valence electrons. The summed E-state index contributed by atoms with van der Waals surface area (Å²) >= 11 is 0. The molecule has 0 aromatic heterocycles. The molecule has 0 spiro atoms. The van der Waals surface area contributed by atoms with E-state index in [1.54, 1.807) is 72.8 Å². The summed E-state index contributed by atoms with van der Waals surface area (Å²) in [4.78, 5) is 41.7. The smallest absolute Gasteiger partial charge is 0.337 e. The Hall–Kier alpha value is -5.39. The van der Waals surface area contributed by atoms with Gasteiger partial charge >= 0.3 is 18.0 Å². The van der Waals surface area contributed by atoms with Crippen molar-refractivity contribution in [2.75, 3.05) is 27.4 Å². The lowest BCUT2D eigenvalue weighted by atomic mass is 9.99. The second-order valence-electron chi connectivity index (χ2n) is 11.3. The minimum atomic E-state index is -1.44. The summed E-state index contributed by atoms with van der Waals surface area (Å²) in [7, 11) is 2.59. The zero-order chi connectivity index (χ0) is 34.0. The fraction of sp³-hybridized carbons (Fsp3) is 0.270. The Morgan fingerprint density at radius 1 is 0.583 bits per heavy atom. The molecule has 48 heavy (non-hydrogen) atoms. The van der Waals surface area contributed by atoms with Crippen molar-refractivity contribution in [1.29, 1.82) is 0 Å².